The fourth-order valence-corrected chi connectivity index (χ4v) is 7.70. The summed E-state index contributed by atoms with van der Waals surface area (Å²) >= 11 is 0. The molecule has 2 saturated heterocycles. The van der Waals surface area contributed by atoms with Gasteiger partial charge in [0.05, 0.1) is 138 Å². The van der Waals surface area contributed by atoms with Crippen LogP contribution >= 0.6 is 0 Å². The second-order valence-corrected chi connectivity index (χ2v) is 20.3. The minimum Gasteiger partial charge on any atom is -0.445 e. The average molecular weight is 1160 g/mol. The van der Waals surface area contributed by atoms with Gasteiger partial charge in [-0.2, -0.15) is 0 Å². The fraction of sp³-hybridized carbons (Fsp3) is 0.655. The van der Waals surface area contributed by atoms with Crippen molar-refractivity contribution in [2.75, 3.05) is 129 Å². The monoisotopic (exact) mass is 1160 g/mol. The highest BCUT2D eigenvalue weighted by atomic mass is 16.7. The smallest absolute Gasteiger partial charge is 0.445 e. The van der Waals surface area contributed by atoms with Gasteiger partial charge in [0.1, 0.15) is 13.2 Å². The zero-order chi connectivity index (χ0) is 60.1. The van der Waals surface area contributed by atoms with Crippen molar-refractivity contribution in [3.05, 3.63) is 59.7 Å². The third-order valence-electron chi connectivity index (χ3n) is 12.2. The summed E-state index contributed by atoms with van der Waals surface area (Å²) in [4.78, 5) is 98.2. The van der Waals surface area contributed by atoms with E-state index in [1.54, 1.807) is 62.4 Å². The average Bonchev–Trinajstić information content (AvgIpc) is 4.14. The van der Waals surface area contributed by atoms with Crippen molar-refractivity contribution >= 4 is 59.1 Å². The van der Waals surface area contributed by atoms with Crippen LogP contribution in [0.3, 0.4) is 0 Å². The van der Waals surface area contributed by atoms with Crippen molar-refractivity contribution in [2.45, 2.75) is 106 Å². The normalized spacial score (nSPS) is 15.2. The van der Waals surface area contributed by atoms with Gasteiger partial charge in [0, 0.05) is 42.1 Å². The molecule has 4 rings (SSSR count). The first kappa shape index (κ1) is 70.1. The SMILES string of the molecule is CC(C)NC(=O)OCc1ccc(NC(=O)CCOCCOCCOCCOCCN2C(=O)CC(C(C)C)C2=O)cc1.CC(C)OC(=O)OCc1ccc(NC(=O)CCOCCOCCOCCOCCN2C(=O)CC(C(C)C)C2=O)cc1. The second kappa shape index (κ2) is 41.0. The minimum atomic E-state index is -0.720. The number of carbonyl (C=O) groups is 8. The molecule has 3 N–H and O–H groups in total. The molecule has 2 aromatic carbocycles. The van der Waals surface area contributed by atoms with E-state index in [1.807, 2.05) is 41.5 Å². The first-order valence-electron chi connectivity index (χ1n) is 28.2. The van der Waals surface area contributed by atoms with Crippen molar-refractivity contribution in [3.8, 4) is 0 Å². The van der Waals surface area contributed by atoms with Crippen molar-refractivity contribution in [1.29, 1.82) is 0 Å². The molecule has 0 spiro atoms. The largest absolute Gasteiger partial charge is 0.508 e. The quantitative estimate of drug-likeness (QED) is 0.0396. The summed E-state index contributed by atoms with van der Waals surface area (Å²) in [6.45, 7) is 21.5. The Kier molecular flexibility index (Phi) is 35.0. The Morgan fingerprint density at radius 1 is 0.463 bits per heavy atom. The number of carbonyl (C=O) groups excluding carboxylic acids is 8. The molecule has 82 heavy (non-hydrogen) atoms. The summed E-state index contributed by atoms with van der Waals surface area (Å²) in [6.07, 6.45) is -0.447. The van der Waals surface area contributed by atoms with Crippen LogP contribution < -0.4 is 16.0 Å². The molecule has 2 unspecified atom stereocenters. The van der Waals surface area contributed by atoms with Gasteiger partial charge in [-0.05, 0) is 74.9 Å². The standard InChI is InChI=1S/C29H45N3O9.C29H44N2O10/c1-21(2)25-19-27(34)32(28(25)35)10-12-38-14-16-40-18-17-39-15-13-37-11-9-26(33)31-24-7-5-23(6-8-24)20-41-29(36)30-22(3)4;1-21(2)25-19-27(33)31(28(25)34)10-12-37-14-16-39-18-17-38-15-13-36-11-9-26(32)30-24-7-5-23(6-8-24)20-40-29(35)41-22(3)4/h5-8,21-22,25H,9-20H2,1-4H3,(H,30,36)(H,31,33);5-8,21-22,25H,9-20H2,1-4H3,(H,30,32). The van der Waals surface area contributed by atoms with E-state index in [4.69, 9.17) is 52.1 Å². The highest BCUT2D eigenvalue weighted by Gasteiger charge is 2.40. The van der Waals surface area contributed by atoms with Crippen LogP contribution in [-0.2, 0) is 94.1 Å². The van der Waals surface area contributed by atoms with Crippen molar-refractivity contribution < 1.29 is 90.5 Å². The van der Waals surface area contributed by atoms with Crippen LogP contribution in [0.1, 0.15) is 92.2 Å². The maximum atomic E-state index is 12.2. The van der Waals surface area contributed by atoms with Gasteiger partial charge < -0.3 is 68.1 Å². The molecule has 460 valence electrons. The Morgan fingerprint density at radius 2 is 0.793 bits per heavy atom. The summed E-state index contributed by atoms with van der Waals surface area (Å²) < 4.78 is 58.6. The third-order valence-corrected chi connectivity index (χ3v) is 12.2. The number of imide groups is 2. The number of rotatable bonds is 40. The molecule has 7 amide bonds. The predicted molar refractivity (Wildman–Crippen MR) is 300 cm³/mol. The molecule has 2 fully saturated rings. The first-order valence-corrected chi connectivity index (χ1v) is 28.2. The number of likely N-dealkylation sites (tertiary alicyclic amines) is 2. The highest BCUT2D eigenvalue weighted by Crippen LogP contribution is 2.27. The molecule has 2 heterocycles. The van der Waals surface area contributed by atoms with Crippen LogP contribution in [0.2, 0.25) is 0 Å². The van der Waals surface area contributed by atoms with E-state index >= 15 is 0 Å². The van der Waals surface area contributed by atoms with Gasteiger partial charge in [0.2, 0.25) is 35.4 Å². The van der Waals surface area contributed by atoms with E-state index in [-0.39, 0.29) is 143 Å². The topological polar surface area (TPSA) is 281 Å². The number of hydrogen-bond donors (Lipinski definition) is 3. The number of nitrogens with one attached hydrogen (secondary N) is 3. The molecule has 2 aromatic rings. The van der Waals surface area contributed by atoms with Crippen molar-refractivity contribution in [2.24, 2.45) is 23.7 Å². The molecule has 0 aliphatic carbocycles. The number of benzene rings is 2. The van der Waals surface area contributed by atoms with E-state index in [9.17, 15) is 38.4 Å². The van der Waals surface area contributed by atoms with Gasteiger partial charge in [0.15, 0.2) is 0 Å². The van der Waals surface area contributed by atoms with Crippen LogP contribution in [0.5, 0.6) is 0 Å². The van der Waals surface area contributed by atoms with Gasteiger partial charge in [-0.25, -0.2) is 9.59 Å². The van der Waals surface area contributed by atoms with E-state index in [0.29, 0.717) is 97.3 Å². The number of alkyl carbamates (subject to hydrolysis) is 1. The Morgan fingerprint density at radius 3 is 1.11 bits per heavy atom. The summed E-state index contributed by atoms with van der Waals surface area (Å²) in [5.41, 5.74) is 2.87. The molecule has 0 saturated carbocycles. The lowest BCUT2D eigenvalue weighted by Crippen LogP contribution is -2.34. The van der Waals surface area contributed by atoms with Gasteiger partial charge in [-0.15, -0.1) is 0 Å². The number of hydrogen-bond acceptors (Lipinski definition) is 19. The number of ether oxygens (including phenoxy) is 11. The number of nitrogens with zero attached hydrogens (tertiary/aromatic N) is 2. The third kappa shape index (κ3) is 30.3. The second-order valence-electron chi connectivity index (χ2n) is 20.3. The number of amides is 7. The molecule has 0 aromatic heterocycles. The van der Waals surface area contributed by atoms with E-state index in [0.717, 1.165) is 11.1 Å². The molecular weight excluding hydrogens is 1070 g/mol. The molecule has 0 radical (unpaired) electrons. The van der Waals surface area contributed by atoms with Crippen LogP contribution in [0.4, 0.5) is 21.0 Å². The van der Waals surface area contributed by atoms with Crippen LogP contribution in [-0.4, -0.2) is 188 Å². The van der Waals surface area contributed by atoms with E-state index in [1.165, 1.54) is 9.80 Å². The molecule has 24 nitrogen and oxygen atoms in total. The predicted octanol–water partition coefficient (Wildman–Crippen LogP) is 5.92. The Bertz CT molecular complexity index is 2060. The van der Waals surface area contributed by atoms with Gasteiger partial charge >= 0.3 is 12.2 Å². The Balaban J connectivity index is 0.000000430. The number of anilines is 2. The Hall–Kier alpha value is -6.12. The fourth-order valence-electron chi connectivity index (χ4n) is 7.70. The summed E-state index contributed by atoms with van der Waals surface area (Å²) in [6, 6.07) is 14.1. The van der Waals surface area contributed by atoms with Gasteiger partial charge in [-0.3, -0.25) is 38.6 Å². The van der Waals surface area contributed by atoms with Crippen molar-refractivity contribution in [1.82, 2.24) is 15.1 Å². The summed E-state index contributed by atoms with van der Waals surface area (Å²) in [7, 11) is 0. The lowest BCUT2D eigenvalue weighted by molar-refractivity contribution is -0.142. The summed E-state index contributed by atoms with van der Waals surface area (Å²) in [5.74, 6) is -0.937. The molecule has 24 heteroatoms. The molecule has 2 aliphatic rings. The van der Waals surface area contributed by atoms with E-state index in [2.05, 4.69) is 16.0 Å². The maximum Gasteiger partial charge on any atom is 0.508 e. The molecule has 0 bridgehead atoms. The minimum absolute atomic E-state index is 0.00795. The van der Waals surface area contributed by atoms with Gasteiger partial charge in [0.25, 0.3) is 0 Å². The Labute approximate surface area is 482 Å². The van der Waals surface area contributed by atoms with Crippen LogP contribution in [0, 0.1) is 23.7 Å². The maximum absolute atomic E-state index is 12.2. The summed E-state index contributed by atoms with van der Waals surface area (Å²) in [5, 5.41) is 8.23. The van der Waals surface area contributed by atoms with Crippen LogP contribution in [0.25, 0.3) is 0 Å². The van der Waals surface area contributed by atoms with Gasteiger partial charge in [-0.1, -0.05) is 52.0 Å². The zero-order valence-electron chi connectivity index (χ0n) is 49.2. The van der Waals surface area contributed by atoms with Crippen LogP contribution in [0.15, 0.2) is 48.5 Å². The molecule has 2 atom stereocenters. The van der Waals surface area contributed by atoms with Crippen molar-refractivity contribution in [3.63, 3.8) is 0 Å². The highest BCUT2D eigenvalue weighted by molar-refractivity contribution is 6.04. The lowest BCUT2D eigenvalue weighted by atomic mass is 9.94. The molecule has 2 aliphatic heterocycles. The lowest BCUT2D eigenvalue weighted by Gasteiger charge is -2.16. The molecular formula is C58H89N5O19. The first-order chi connectivity index (χ1) is 39.3. The van der Waals surface area contributed by atoms with E-state index < -0.39 is 12.2 Å². The zero-order valence-corrected chi connectivity index (χ0v) is 49.2.